The van der Waals surface area contributed by atoms with Gasteiger partial charge in [0.15, 0.2) is 0 Å². The van der Waals surface area contributed by atoms with Gasteiger partial charge in [-0.3, -0.25) is 4.79 Å². The Labute approximate surface area is 120 Å². The Morgan fingerprint density at radius 3 is 2.45 bits per heavy atom. The summed E-state index contributed by atoms with van der Waals surface area (Å²) in [6, 6.07) is 10.1. The van der Waals surface area contributed by atoms with Gasteiger partial charge in [0.25, 0.3) is 0 Å². The first-order valence-corrected chi connectivity index (χ1v) is 6.38. The summed E-state index contributed by atoms with van der Waals surface area (Å²) in [5.41, 5.74) is 0.935. The maximum atomic E-state index is 13.5. The van der Waals surface area contributed by atoms with Crippen molar-refractivity contribution in [2.24, 2.45) is 0 Å². The van der Waals surface area contributed by atoms with Crippen molar-refractivity contribution < 1.29 is 13.6 Å². The monoisotopic (exact) mass is 295 g/mol. The van der Waals surface area contributed by atoms with Crippen LogP contribution < -0.4 is 5.32 Å². The quantitative estimate of drug-likeness (QED) is 0.919. The molecule has 0 unspecified atom stereocenters. The highest BCUT2D eigenvalue weighted by atomic mass is 35.5. The molecule has 0 aliphatic carbocycles. The van der Waals surface area contributed by atoms with Gasteiger partial charge in [0.1, 0.15) is 11.6 Å². The third kappa shape index (κ3) is 3.78. The summed E-state index contributed by atoms with van der Waals surface area (Å²) in [5.74, 6) is -1.19. The maximum Gasteiger partial charge on any atom is 0.224 e. The van der Waals surface area contributed by atoms with E-state index >= 15 is 0 Å². The molecule has 2 nitrogen and oxygen atoms in total. The van der Waals surface area contributed by atoms with Crippen molar-refractivity contribution >= 4 is 17.5 Å². The lowest BCUT2D eigenvalue weighted by Crippen LogP contribution is -2.25. The number of hydrogen-bond donors (Lipinski definition) is 1. The Bertz CT molecular complexity index is 594. The van der Waals surface area contributed by atoms with E-state index in [1.54, 1.807) is 12.1 Å². The van der Waals surface area contributed by atoms with Crippen LogP contribution in [0.1, 0.15) is 11.1 Å². The lowest BCUT2D eigenvalue weighted by Gasteiger charge is -2.07. The molecule has 0 aliphatic rings. The number of nitrogens with one attached hydrogen (secondary N) is 1. The van der Waals surface area contributed by atoms with E-state index in [9.17, 15) is 13.6 Å². The lowest BCUT2D eigenvalue weighted by atomic mass is 10.1. The van der Waals surface area contributed by atoms with Gasteiger partial charge in [0.2, 0.25) is 5.91 Å². The van der Waals surface area contributed by atoms with Gasteiger partial charge in [-0.1, -0.05) is 29.8 Å². The Morgan fingerprint density at radius 1 is 1.10 bits per heavy atom. The van der Waals surface area contributed by atoms with Crippen LogP contribution in [-0.2, 0) is 17.8 Å². The number of carbonyl (C=O) groups excluding carboxylic acids is 1. The second-order valence-corrected chi connectivity index (χ2v) is 4.69. The molecule has 0 radical (unpaired) electrons. The molecule has 2 aromatic carbocycles. The van der Waals surface area contributed by atoms with Crippen LogP contribution in [0.25, 0.3) is 0 Å². The van der Waals surface area contributed by atoms with Crippen molar-refractivity contribution in [1.82, 2.24) is 5.32 Å². The topological polar surface area (TPSA) is 29.1 Å². The Hall–Kier alpha value is -1.94. The molecule has 0 fully saturated rings. The summed E-state index contributed by atoms with van der Waals surface area (Å²) in [6.07, 6.45) is -0.132. The number of carbonyl (C=O) groups is 1. The predicted molar refractivity (Wildman–Crippen MR) is 73.4 cm³/mol. The minimum atomic E-state index is -0.505. The Balaban J connectivity index is 1.94. The van der Waals surface area contributed by atoms with Crippen molar-refractivity contribution in [2.45, 2.75) is 13.0 Å². The first-order valence-electron chi connectivity index (χ1n) is 6.00. The summed E-state index contributed by atoms with van der Waals surface area (Å²) in [6.45, 7) is 0.255. The molecule has 0 saturated heterocycles. The van der Waals surface area contributed by atoms with Crippen LogP contribution >= 0.6 is 11.6 Å². The molecular weight excluding hydrogens is 284 g/mol. The van der Waals surface area contributed by atoms with Gasteiger partial charge in [-0.25, -0.2) is 8.78 Å². The zero-order valence-corrected chi connectivity index (χ0v) is 11.3. The summed E-state index contributed by atoms with van der Waals surface area (Å²) >= 11 is 5.85. The van der Waals surface area contributed by atoms with E-state index in [2.05, 4.69) is 5.32 Å². The fourth-order valence-corrected chi connectivity index (χ4v) is 1.96. The van der Waals surface area contributed by atoms with E-state index in [-0.39, 0.29) is 35.3 Å². The highest BCUT2D eigenvalue weighted by molar-refractivity contribution is 6.31. The molecule has 2 rings (SSSR count). The van der Waals surface area contributed by atoms with E-state index in [0.29, 0.717) is 0 Å². The highest BCUT2D eigenvalue weighted by Gasteiger charge is 2.11. The summed E-state index contributed by atoms with van der Waals surface area (Å²) < 4.78 is 26.2. The highest BCUT2D eigenvalue weighted by Crippen LogP contribution is 2.19. The van der Waals surface area contributed by atoms with Crippen molar-refractivity contribution in [2.75, 3.05) is 0 Å². The third-order valence-corrected chi connectivity index (χ3v) is 3.16. The van der Waals surface area contributed by atoms with Gasteiger partial charge in [-0.05, 0) is 29.8 Å². The van der Waals surface area contributed by atoms with E-state index in [0.717, 1.165) is 5.56 Å². The number of rotatable bonds is 4. The van der Waals surface area contributed by atoms with Gasteiger partial charge in [-0.15, -0.1) is 0 Å². The molecule has 0 atom stereocenters. The van der Waals surface area contributed by atoms with Crippen LogP contribution in [0.2, 0.25) is 5.02 Å². The lowest BCUT2D eigenvalue weighted by molar-refractivity contribution is -0.120. The van der Waals surface area contributed by atoms with Gasteiger partial charge < -0.3 is 5.32 Å². The molecular formula is C15H12ClF2NO. The first-order chi connectivity index (χ1) is 9.56. The second-order valence-electron chi connectivity index (χ2n) is 4.28. The number of benzene rings is 2. The van der Waals surface area contributed by atoms with Crippen molar-refractivity contribution in [1.29, 1.82) is 0 Å². The zero-order valence-electron chi connectivity index (χ0n) is 10.5. The van der Waals surface area contributed by atoms with Crippen molar-refractivity contribution in [3.63, 3.8) is 0 Å². The largest absolute Gasteiger partial charge is 0.352 e. The average Bonchev–Trinajstić information content (AvgIpc) is 2.42. The smallest absolute Gasteiger partial charge is 0.224 e. The molecule has 1 N–H and O–H groups in total. The second kappa shape index (κ2) is 6.48. The SMILES string of the molecule is O=C(Cc1c(F)cccc1Cl)NCc1ccc(F)cc1. The molecule has 0 aliphatic heterocycles. The molecule has 0 spiro atoms. The molecule has 0 saturated carbocycles. The first kappa shape index (κ1) is 14.5. The van der Waals surface area contributed by atoms with Gasteiger partial charge >= 0.3 is 0 Å². The molecule has 5 heteroatoms. The Kier molecular flexibility index (Phi) is 4.69. The van der Waals surface area contributed by atoms with Crippen LogP contribution in [0, 0.1) is 11.6 Å². The summed E-state index contributed by atoms with van der Waals surface area (Å²) in [7, 11) is 0. The number of amides is 1. The van der Waals surface area contributed by atoms with Crippen molar-refractivity contribution in [3.8, 4) is 0 Å². The minimum absolute atomic E-state index is 0.132. The van der Waals surface area contributed by atoms with E-state index in [1.165, 1.54) is 30.3 Å². The van der Waals surface area contributed by atoms with Crippen molar-refractivity contribution in [3.05, 3.63) is 70.2 Å². The molecule has 2 aromatic rings. The maximum absolute atomic E-state index is 13.5. The van der Waals surface area contributed by atoms with Gasteiger partial charge in [0.05, 0.1) is 6.42 Å². The molecule has 20 heavy (non-hydrogen) atoms. The fourth-order valence-electron chi connectivity index (χ4n) is 1.73. The van der Waals surface area contributed by atoms with Crippen LogP contribution in [0.4, 0.5) is 8.78 Å². The van der Waals surface area contributed by atoms with Crippen LogP contribution in [0.3, 0.4) is 0 Å². The Morgan fingerprint density at radius 2 is 1.80 bits per heavy atom. The molecule has 1 amide bonds. The van der Waals surface area contributed by atoms with Crippen LogP contribution in [0.15, 0.2) is 42.5 Å². The fraction of sp³-hybridized carbons (Fsp3) is 0.133. The van der Waals surface area contributed by atoms with E-state index < -0.39 is 5.82 Å². The minimum Gasteiger partial charge on any atom is -0.352 e. The average molecular weight is 296 g/mol. The van der Waals surface area contributed by atoms with Gasteiger partial charge in [0, 0.05) is 17.1 Å². The number of hydrogen-bond acceptors (Lipinski definition) is 1. The molecule has 104 valence electrons. The molecule has 0 aromatic heterocycles. The molecule has 0 bridgehead atoms. The van der Waals surface area contributed by atoms with E-state index in [1.807, 2.05) is 0 Å². The normalized spacial score (nSPS) is 10.3. The summed E-state index contributed by atoms with van der Waals surface area (Å²) in [5, 5.41) is 2.86. The third-order valence-electron chi connectivity index (χ3n) is 2.80. The number of halogens is 3. The molecule has 0 heterocycles. The standard InChI is InChI=1S/C15H12ClF2NO/c16-13-2-1-3-14(18)12(13)8-15(20)19-9-10-4-6-11(17)7-5-10/h1-7H,8-9H2,(H,19,20). The van der Waals surface area contributed by atoms with Crippen LogP contribution in [-0.4, -0.2) is 5.91 Å². The van der Waals surface area contributed by atoms with E-state index in [4.69, 9.17) is 11.6 Å². The van der Waals surface area contributed by atoms with Crippen LogP contribution in [0.5, 0.6) is 0 Å². The summed E-state index contributed by atoms with van der Waals surface area (Å²) in [4.78, 5) is 11.7. The van der Waals surface area contributed by atoms with Gasteiger partial charge in [-0.2, -0.15) is 0 Å². The zero-order chi connectivity index (χ0) is 14.5. The predicted octanol–water partition coefficient (Wildman–Crippen LogP) is 3.48.